The summed E-state index contributed by atoms with van der Waals surface area (Å²) in [7, 11) is 0. The Morgan fingerprint density at radius 3 is 2.52 bits per heavy atom. The third-order valence-electron chi connectivity index (χ3n) is 4.93. The smallest absolute Gasteiger partial charge is 0.212 e. The SMILES string of the molecule is CC(c1nc(N)c(-c2nn[nH]n2)c(N)n1)c1cc2ncc(Cl)n2nc1-c1ccccc1. The molecule has 4 heterocycles. The molecule has 0 amide bonds. The summed E-state index contributed by atoms with van der Waals surface area (Å²) in [5.74, 6) is 0.689. The first-order valence-electron chi connectivity index (χ1n) is 9.29. The summed E-state index contributed by atoms with van der Waals surface area (Å²) in [6, 6.07) is 11.7. The van der Waals surface area contributed by atoms with E-state index in [2.05, 4.69) is 35.6 Å². The summed E-state index contributed by atoms with van der Waals surface area (Å²) in [4.78, 5) is 13.3. The van der Waals surface area contributed by atoms with Gasteiger partial charge < -0.3 is 11.5 Å². The minimum absolute atomic E-state index is 0.162. The number of hydrogen-bond donors (Lipinski definition) is 3. The molecule has 11 nitrogen and oxygen atoms in total. The summed E-state index contributed by atoms with van der Waals surface area (Å²) < 4.78 is 1.59. The maximum Gasteiger partial charge on any atom is 0.212 e. The van der Waals surface area contributed by atoms with E-state index in [1.54, 1.807) is 10.7 Å². The maximum atomic E-state index is 6.25. The van der Waals surface area contributed by atoms with E-state index in [1.807, 2.05) is 43.3 Å². The van der Waals surface area contributed by atoms with Gasteiger partial charge in [0.25, 0.3) is 0 Å². The molecule has 0 saturated heterocycles. The van der Waals surface area contributed by atoms with E-state index < -0.39 is 0 Å². The van der Waals surface area contributed by atoms with E-state index in [0.29, 0.717) is 22.2 Å². The van der Waals surface area contributed by atoms with Crippen molar-refractivity contribution < 1.29 is 0 Å². The fourth-order valence-electron chi connectivity index (χ4n) is 3.40. The topological polar surface area (TPSA) is 162 Å². The normalized spacial score (nSPS) is 12.3. The number of aromatic amines is 1. The van der Waals surface area contributed by atoms with Gasteiger partial charge in [-0.05, 0) is 16.8 Å². The highest BCUT2D eigenvalue weighted by Crippen LogP contribution is 2.34. The van der Waals surface area contributed by atoms with Crippen LogP contribution in [0, 0.1) is 0 Å². The Bertz CT molecular complexity index is 1360. The summed E-state index contributed by atoms with van der Waals surface area (Å²) >= 11 is 6.25. The Morgan fingerprint density at radius 2 is 1.84 bits per heavy atom. The van der Waals surface area contributed by atoms with Gasteiger partial charge in [0.1, 0.15) is 23.0 Å². The number of H-pyrrole nitrogens is 1. The van der Waals surface area contributed by atoms with Crippen molar-refractivity contribution in [1.29, 1.82) is 0 Å². The lowest BCUT2D eigenvalue weighted by Gasteiger charge is -2.17. The third kappa shape index (κ3) is 3.20. The molecule has 5 N–H and O–H groups in total. The Labute approximate surface area is 180 Å². The van der Waals surface area contributed by atoms with Crippen molar-refractivity contribution in [1.82, 2.24) is 45.2 Å². The molecular formula is C19H16ClN11. The summed E-state index contributed by atoms with van der Waals surface area (Å²) in [5.41, 5.74) is 15.8. The van der Waals surface area contributed by atoms with Gasteiger partial charge in [-0.25, -0.2) is 19.5 Å². The Morgan fingerprint density at radius 1 is 1.10 bits per heavy atom. The van der Waals surface area contributed by atoms with Crippen LogP contribution < -0.4 is 11.5 Å². The molecule has 5 aromatic rings. The fourth-order valence-corrected chi connectivity index (χ4v) is 3.57. The second-order valence-corrected chi connectivity index (χ2v) is 7.24. The molecule has 0 saturated carbocycles. The maximum absolute atomic E-state index is 6.25. The average Bonchev–Trinajstić information content (AvgIpc) is 3.43. The molecule has 31 heavy (non-hydrogen) atoms. The van der Waals surface area contributed by atoms with Gasteiger partial charge in [-0.3, -0.25) is 0 Å². The van der Waals surface area contributed by atoms with E-state index in [0.717, 1.165) is 16.8 Å². The monoisotopic (exact) mass is 433 g/mol. The van der Waals surface area contributed by atoms with Crippen LogP contribution >= 0.6 is 11.6 Å². The number of aromatic nitrogens is 9. The zero-order chi connectivity index (χ0) is 21.5. The van der Waals surface area contributed by atoms with Crippen molar-refractivity contribution in [3.63, 3.8) is 0 Å². The number of nitrogens with two attached hydrogens (primary N) is 2. The van der Waals surface area contributed by atoms with Crippen LogP contribution in [-0.4, -0.2) is 45.2 Å². The van der Waals surface area contributed by atoms with Gasteiger partial charge in [0.15, 0.2) is 10.8 Å². The summed E-state index contributed by atoms with van der Waals surface area (Å²) in [6.45, 7) is 1.95. The number of nitrogen functional groups attached to an aromatic ring is 2. The number of anilines is 2. The molecule has 0 fully saturated rings. The molecule has 1 atom stereocenters. The largest absolute Gasteiger partial charge is 0.383 e. The van der Waals surface area contributed by atoms with Crippen LogP contribution in [0.25, 0.3) is 28.3 Å². The number of imidazole rings is 1. The van der Waals surface area contributed by atoms with Crippen molar-refractivity contribution in [2.24, 2.45) is 0 Å². The van der Waals surface area contributed by atoms with E-state index >= 15 is 0 Å². The Balaban J connectivity index is 1.67. The van der Waals surface area contributed by atoms with Gasteiger partial charge in [-0.15, -0.1) is 10.2 Å². The lowest BCUT2D eigenvalue weighted by atomic mass is 9.95. The summed E-state index contributed by atoms with van der Waals surface area (Å²) in [6.07, 6.45) is 1.55. The molecule has 0 spiro atoms. The molecule has 1 unspecified atom stereocenters. The highest BCUT2D eigenvalue weighted by molar-refractivity contribution is 6.29. The lowest BCUT2D eigenvalue weighted by molar-refractivity contribution is 0.805. The zero-order valence-corrected chi connectivity index (χ0v) is 17.0. The lowest BCUT2D eigenvalue weighted by Crippen LogP contribution is -2.12. The Kier molecular flexibility index (Phi) is 4.44. The number of hydrogen-bond acceptors (Lipinski definition) is 9. The van der Waals surface area contributed by atoms with Gasteiger partial charge in [-0.1, -0.05) is 48.9 Å². The highest BCUT2D eigenvalue weighted by Gasteiger charge is 2.23. The zero-order valence-electron chi connectivity index (χ0n) is 16.2. The van der Waals surface area contributed by atoms with E-state index in [-0.39, 0.29) is 23.4 Å². The van der Waals surface area contributed by atoms with Gasteiger partial charge in [-0.2, -0.15) is 10.3 Å². The highest BCUT2D eigenvalue weighted by atomic mass is 35.5. The third-order valence-corrected chi connectivity index (χ3v) is 5.19. The molecule has 0 aliphatic carbocycles. The molecule has 0 bridgehead atoms. The minimum atomic E-state index is -0.299. The van der Waals surface area contributed by atoms with E-state index in [9.17, 15) is 0 Å². The van der Waals surface area contributed by atoms with Crippen molar-refractivity contribution in [2.45, 2.75) is 12.8 Å². The second kappa shape index (κ2) is 7.29. The number of tetrazole rings is 1. The molecule has 0 aliphatic rings. The quantitative estimate of drug-likeness (QED) is 0.386. The van der Waals surface area contributed by atoms with Crippen LogP contribution in [0.4, 0.5) is 11.6 Å². The average molecular weight is 434 g/mol. The van der Waals surface area contributed by atoms with Crippen molar-refractivity contribution in [3.05, 3.63) is 59.1 Å². The number of nitrogens with one attached hydrogen (secondary N) is 1. The van der Waals surface area contributed by atoms with Crippen LogP contribution in [0.5, 0.6) is 0 Å². The molecule has 0 radical (unpaired) electrons. The molecular weight excluding hydrogens is 418 g/mol. The van der Waals surface area contributed by atoms with Gasteiger partial charge in [0.05, 0.1) is 11.9 Å². The first-order valence-corrected chi connectivity index (χ1v) is 9.67. The number of nitrogens with zero attached hydrogens (tertiary/aromatic N) is 8. The number of halogens is 1. The van der Waals surface area contributed by atoms with Crippen molar-refractivity contribution in [2.75, 3.05) is 11.5 Å². The van der Waals surface area contributed by atoms with Crippen molar-refractivity contribution in [3.8, 4) is 22.6 Å². The van der Waals surface area contributed by atoms with Crippen LogP contribution in [0.15, 0.2) is 42.6 Å². The van der Waals surface area contributed by atoms with Crippen LogP contribution in [-0.2, 0) is 0 Å². The van der Waals surface area contributed by atoms with Crippen LogP contribution in [0.2, 0.25) is 5.15 Å². The first-order chi connectivity index (χ1) is 15.0. The van der Waals surface area contributed by atoms with Gasteiger partial charge >= 0.3 is 0 Å². The molecule has 0 aliphatic heterocycles. The van der Waals surface area contributed by atoms with Gasteiger partial charge in [0, 0.05) is 11.5 Å². The predicted octanol–water partition coefficient (Wildman–Crippen LogP) is 2.34. The Hall–Kier alpha value is -4.12. The van der Waals surface area contributed by atoms with E-state index in [4.69, 9.17) is 28.2 Å². The molecule has 1 aromatic carbocycles. The number of benzene rings is 1. The molecule has 12 heteroatoms. The van der Waals surface area contributed by atoms with E-state index in [1.165, 1.54) is 0 Å². The van der Waals surface area contributed by atoms with Crippen LogP contribution in [0.1, 0.15) is 24.2 Å². The number of fused-ring (bicyclic) bond motifs is 1. The van der Waals surface area contributed by atoms with Crippen LogP contribution in [0.3, 0.4) is 0 Å². The predicted molar refractivity (Wildman–Crippen MR) is 115 cm³/mol. The molecule has 5 rings (SSSR count). The molecule has 154 valence electrons. The standard InChI is InChI=1S/C19H16ClN11/c1-9(18-24-16(21)14(17(22)25-18)19-26-29-30-27-19)11-7-13-23-8-12(20)31(13)28-15(11)10-5-3-2-4-6-10/h2-9H,1H3,(H4,21,22,24,25)(H,26,27,29,30). The van der Waals surface area contributed by atoms with Crippen molar-refractivity contribution >= 4 is 28.9 Å². The minimum Gasteiger partial charge on any atom is -0.383 e. The second-order valence-electron chi connectivity index (χ2n) is 6.85. The number of rotatable bonds is 4. The fraction of sp³-hybridized carbons (Fsp3) is 0.105. The summed E-state index contributed by atoms with van der Waals surface area (Å²) in [5, 5.41) is 18.9. The molecule has 4 aromatic heterocycles. The van der Waals surface area contributed by atoms with Gasteiger partial charge in [0.2, 0.25) is 5.82 Å². The first kappa shape index (κ1) is 18.9.